The van der Waals surface area contributed by atoms with E-state index >= 15 is 0 Å². The third kappa shape index (κ3) is 3.58. The molecule has 5 heteroatoms. The minimum absolute atomic E-state index is 0.0451. The standard InChI is InChI=1S/C23H21NO3S/c1-14-8-10-16(11-9-14)19-13-28-22(20(19)23(26)27-2)24-21(25)18-12-17(18)15-6-4-3-5-7-15/h3-11,13,17-18H,12H2,1-2H3,(H,24,25). The molecule has 1 aliphatic carbocycles. The van der Waals surface area contributed by atoms with Gasteiger partial charge < -0.3 is 10.1 Å². The van der Waals surface area contributed by atoms with Crippen molar-refractivity contribution in [2.75, 3.05) is 12.4 Å². The molecule has 1 aromatic heterocycles. The quantitative estimate of drug-likeness (QED) is 0.604. The van der Waals surface area contributed by atoms with Crippen molar-refractivity contribution in [3.05, 3.63) is 76.7 Å². The first-order chi connectivity index (χ1) is 13.6. The van der Waals surface area contributed by atoms with Crippen LogP contribution in [0.3, 0.4) is 0 Å². The zero-order valence-electron chi connectivity index (χ0n) is 15.8. The number of carbonyl (C=O) groups excluding carboxylic acids is 2. The monoisotopic (exact) mass is 391 g/mol. The van der Waals surface area contributed by atoms with Crippen LogP contribution >= 0.6 is 11.3 Å². The maximum atomic E-state index is 12.8. The van der Waals surface area contributed by atoms with E-state index in [1.807, 2.05) is 54.8 Å². The molecule has 0 aliphatic heterocycles. The van der Waals surface area contributed by atoms with Crippen LogP contribution in [0.25, 0.3) is 11.1 Å². The Bertz CT molecular complexity index is 1010. The molecule has 3 aromatic rings. The van der Waals surface area contributed by atoms with E-state index in [9.17, 15) is 9.59 Å². The second-order valence-electron chi connectivity index (χ2n) is 7.06. The summed E-state index contributed by atoms with van der Waals surface area (Å²) in [6.07, 6.45) is 0.833. The molecule has 1 saturated carbocycles. The van der Waals surface area contributed by atoms with E-state index in [2.05, 4.69) is 17.4 Å². The van der Waals surface area contributed by atoms with Crippen molar-refractivity contribution in [3.63, 3.8) is 0 Å². The fraction of sp³-hybridized carbons (Fsp3) is 0.217. The fourth-order valence-electron chi connectivity index (χ4n) is 3.46. The predicted molar refractivity (Wildman–Crippen MR) is 112 cm³/mol. The maximum Gasteiger partial charge on any atom is 0.341 e. The van der Waals surface area contributed by atoms with Gasteiger partial charge in [-0.2, -0.15) is 0 Å². The van der Waals surface area contributed by atoms with Gasteiger partial charge in [-0.25, -0.2) is 4.79 Å². The molecule has 0 spiro atoms. The van der Waals surface area contributed by atoms with Crippen LogP contribution in [0.5, 0.6) is 0 Å². The fourth-order valence-corrected chi connectivity index (χ4v) is 4.42. The summed E-state index contributed by atoms with van der Waals surface area (Å²) in [6, 6.07) is 18.0. The molecule has 2 unspecified atom stereocenters. The molecule has 1 N–H and O–H groups in total. The number of thiophene rings is 1. The smallest absolute Gasteiger partial charge is 0.341 e. The molecular formula is C23H21NO3S. The maximum absolute atomic E-state index is 12.8. The molecule has 1 aliphatic rings. The molecule has 142 valence electrons. The van der Waals surface area contributed by atoms with Crippen molar-refractivity contribution in [1.82, 2.24) is 0 Å². The highest BCUT2D eigenvalue weighted by atomic mass is 32.1. The van der Waals surface area contributed by atoms with Gasteiger partial charge in [0, 0.05) is 16.9 Å². The topological polar surface area (TPSA) is 55.4 Å². The van der Waals surface area contributed by atoms with Crippen LogP contribution < -0.4 is 5.32 Å². The van der Waals surface area contributed by atoms with Crippen LogP contribution in [0.1, 0.15) is 33.8 Å². The number of esters is 1. The number of methoxy groups -OCH3 is 1. The van der Waals surface area contributed by atoms with E-state index in [4.69, 9.17) is 4.74 Å². The van der Waals surface area contributed by atoms with Crippen molar-refractivity contribution < 1.29 is 14.3 Å². The Hall–Kier alpha value is -2.92. The van der Waals surface area contributed by atoms with Crippen molar-refractivity contribution in [2.45, 2.75) is 19.3 Å². The van der Waals surface area contributed by atoms with Gasteiger partial charge in [-0.1, -0.05) is 60.2 Å². The van der Waals surface area contributed by atoms with Gasteiger partial charge in [0.1, 0.15) is 10.6 Å². The van der Waals surface area contributed by atoms with E-state index < -0.39 is 5.97 Å². The zero-order valence-corrected chi connectivity index (χ0v) is 16.6. The molecule has 0 bridgehead atoms. The van der Waals surface area contributed by atoms with Gasteiger partial charge >= 0.3 is 5.97 Å². The van der Waals surface area contributed by atoms with Crippen molar-refractivity contribution >= 4 is 28.2 Å². The first-order valence-corrected chi connectivity index (χ1v) is 10.1. The molecule has 2 aromatic carbocycles. The predicted octanol–water partition coefficient (Wildman–Crippen LogP) is 5.25. The van der Waals surface area contributed by atoms with Crippen molar-refractivity contribution in [3.8, 4) is 11.1 Å². The van der Waals surface area contributed by atoms with Gasteiger partial charge in [0.25, 0.3) is 0 Å². The van der Waals surface area contributed by atoms with E-state index in [1.54, 1.807) is 0 Å². The number of nitrogens with one attached hydrogen (secondary N) is 1. The SMILES string of the molecule is COC(=O)c1c(-c2ccc(C)cc2)csc1NC(=O)C1CC1c1ccccc1. The Morgan fingerprint density at radius 2 is 1.79 bits per heavy atom. The summed E-state index contributed by atoms with van der Waals surface area (Å²) in [5.41, 5.74) is 4.45. The Balaban J connectivity index is 1.57. The van der Waals surface area contributed by atoms with Gasteiger partial charge in [0.15, 0.2) is 0 Å². The number of amides is 1. The first-order valence-electron chi connectivity index (χ1n) is 9.21. The highest BCUT2D eigenvalue weighted by Gasteiger charge is 2.44. The van der Waals surface area contributed by atoms with Gasteiger partial charge in [-0.15, -0.1) is 11.3 Å². The number of ether oxygens (including phenoxy) is 1. The summed E-state index contributed by atoms with van der Waals surface area (Å²) in [5.74, 6) is -0.295. The average molecular weight is 391 g/mol. The molecule has 4 rings (SSSR count). The largest absolute Gasteiger partial charge is 0.465 e. The van der Waals surface area contributed by atoms with Crippen LogP contribution in [0.4, 0.5) is 5.00 Å². The summed E-state index contributed by atoms with van der Waals surface area (Å²) in [5, 5.41) is 5.41. The molecule has 28 heavy (non-hydrogen) atoms. The first kappa shape index (κ1) is 18.4. The van der Waals surface area contributed by atoms with Crippen molar-refractivity contribution in [2.24, 2.45) is 5.92 Å². The summed E-state index contributed by atoms with van der Waals surface area (Å²) in [6.45, 7) is 2.02. The van der Waals surface area contributed by atoms with E-state index in [0.717, 1.165) is 23.1 Å². The number of hydrogen-bond acceptors (Lipinski definition) is 4. The second kappa shape index (κ2) is 7.60. The summed E-state index contributed by atoms with van der Waals surface area (Å²) < 4.78 is 4.99. The molecule has 0 radical (unpaired) electrons. The van der Waals surface area contributed by atoms with Crippen LogP contribution in [0.2, 0.25) is 0 Å². The minimum atomic E-state index is -0.442. The van der Waals surface area contributed by atoms with Crippen LogP contribution in [-0.4, -0.2) is 19.0 Å². The zero-order chi connectivity index (χ0) is 19.7. The Morgan fingerprint density at radius 1 is 1.07 bits per heavy atom. The number of rotatable bonds is 5. The normalized spacial score (nSPS) is 17.8. The lowest BCUT2D eigenvalue weighted by Crippen LogP contribution is -2.16. The van der Waals surface area contributed by atoms with Crippen LogP contribution in [0, 0.1) is 12.8 Å². The van der Waals surface area contributed by atoms with Crippen LogP contribution in [0.15, 0.2) is 60.0 Å². The lowest BCUT2D eigenvalue weighted by Gasteiger charge is -2.08. The molecule has 1 fully saturated rings. The Labute approximate surface area is 168 Å². The van der Waals surface area contributed by atoms with Crippen LogP contribution in [-0.2, 0) is 9.53 Å². The van der Waals surface area contributed by atoms with E-state index in [0.29, 0.717) is 10.6 Å². The Morgan fingerprint density at radius 3 is 2.46 bits per heavy atom. The average Bonchev–Trinajstić information content (AvgIpc) is 3.43. The molecule has 2 atom stereocenters. The molecule has 1 heterocycles. The van der Waals surface area contributed by atoms with Gasteiger partial charge in [-0.3, -0.25) is 4.79 Å². The van der Waals surface area contributed by atoms with E-state index in [1.165, 1.54) is 24.0 Å². The van der Waals surface area contributed by atoms with Gasteiger partial charge in [0.05, 0.1) is 7.11 Å². The summed E-state index contributed by atoms with van der Waals surface area (Å²) in [7, 11) is 1.36. The summed E-state index contributed by atoms with van der Waals surface area (Å²) >= 11 is 1.36. The third-order valence-corrected chi connectivity index (χ3v) is 6.03. The van der Waals surface area contributed by atoms with Gasteiger partial charge in [0.2, 0.25) is 5.91 Å². The number of benzene rings is 2. The molecule has 4 nitrogen and oxygen atoms in total. The van der Waals surface area contributed by atoms with Crippen molar-refractivity contribution in [1.29, 1.82) is 0 Å². The number of carbonyl (C=O) groups is 2. The number of anilines is 1. The van der Waals surface area contributed by atoms with E-state index in [-0.39, 0.29) is 17.7 Å². The summed E-state index contributed by atoms with van der Waals surface area (Å²) in [4.78, 5) is 25.2. The highest BCUT2D eigenvalue weighted by Crippen LogP contribution is 2.48. The second-order valence-corrected chi connectivity index (χ2v) is 7.94. The molecular weight excluding hydrogens is 370 g/mol. The number of aryl methyl sites for hydroxylation is 1. The highest BCUT2D eigenvalue weighted by molar-refractivity contribution is 7.15. The lowest BCUT2D eigenvalue weighted by atomic mass is 10.0. The molecule has 1 amide bonds. The third-order valence-electron chi connectivity index (χ3n) is 5.13. The molecule has 0 saturated heterocycles. The lowest BCUT2D eigenvalue weighted by molar-refractivity contribution is -0.117. The Kier molecular flexibility index (Phi) is 5.01. The minimum Gasteiger partial charge on any atom is -0.465 e. The number of hydrogen-bond donors (Lipinski definition) is 1. The van der Waals surface area contributed by atoms with Gasteiger partial charge in [-0.05, 0) is 30.4 Å².